The van der Waals surface area contributed by atoms with Crippen molar-refractivity contribution in [1.29, 1.82) is 0 Å². The van der Waals surface area contributed by atoms with E-state index in [-0.39, 0.29) is 16.3 Å². The third-order valence-corrected chi connectivity index (χ3v) is 5.09. The molecule has 0 aliphatic rings. The summed E-state index contributed by atoms with van der Waals surface area (Å²) in [7, 11) is -2.85. The highest BCUT2D eigenvalue weighted by atomic mass is 33.1. The molecule has 0 amide bonds. The number of hydrogen-bond acceptors (Lipinski definition) is 5. The topological polar surface area (TPSA) is 77.3 Å². The summed E-state index contributed by atoms with van der Waals surface area (Å²) >= 11 is 0. The average Bonchev–Trinajstić information content (AvgIpc) is 2.26. The summed E-state index contributed by atoms with van der Waals surface area (Å²) in [6.07, 6.45) is 1.46. The second kappa shape index (κ2) is 5.13. The number of hydrogen-bond donors (Lipinski definition) is 0. The normalized spacial score (nSPS) is 11.0. The van der Waals surface area contributed by atoms with Crippen LogP contribution in [0.3, 0.4) is 0 Å². The van der Waals surface area contributed by atoms with Crippen molar-refractivity contribution in [3.05, 3.63) is 47.0 Å². The molecule has 1 aromatic carbocycles. The Morgan fingerprint density at radius 1 is 1.50 bits per heavy atom. The van der Waals surface area contributed by atoms with Gasteiger partial charge in [-0.3, -0.25) is 10.1 Å². The standard InChI is InChI=1S/C9H9NO4S2/c1-2-6-15-16(13,14)9-5-3-4-8(7-9)10(11)12/h2-5,7H,1,6H2. The zero-order valence-corrected chi connectivity index (χ0v) is 9.83. The van der Waals surface area contributed by atoms with E-state index < -0.39 is 13.8 Å². The predicted molar refractivity (Wildman–Crippen MR) is 62.9 cm³/mol. The lowest BCUT2D eigenvalue weighted by Crippen LogP contribution is -1.97. The highest BCUT2D eigenvalue weighted by Crippen LogP contribution is 2.25. The van der Waals surface area contributed by atoms with Gasteiger partial charge < -0.3 is 0 Å². The average molecular weight is 259 g/mol. The summed E-state index contributed by atoms with van der Waals surface area (Å²) in [4.78, 5) is 9.79. The maximum atomic E-state index is 11.7. The Bertz CT molecular complexity index is 510. The molecule has 86 valence electrons. The quantitative estimate of drug-likeness (QED) is 0.350. The lowest BCUT2D eigenvalue weighted by Gasteiger charge is -2.01. The summed E-state index contributed by atoms with van der Waals surface area (Å²) in [6.45, 7) is 3.41. The second-order valence-corrected chi connectivity index (χ2v) is 6.75. The van der Waals surface area contributed by atoms with Crippen LogP contribution in [-0.2, 0) is 8.87 Å². The van der Waals surface area contributed by atoms with Gasteiger partial charge in [-0.15, -0.1) is 6.58 Å². The molecule has 0 radical (unpaired) electrons. The van der Waals surface area contributed by atoms with Crippen molar-refractivity contribution in [3.8, 4) is 0 Å². The molecule has 5 nitrogen and oxygen atoms in total. The SMILES string of the molecule is C=CCSS(=O)(=O)c1cccc([N+](=O)[O-])c1. The van der Waals surface area contributed by atoms with Crippen molar-refractivity contribution in [2.45, 2.75) is 4.90 Å². The molecule has 0 spiro atoms. The van der Waals surface area contributed by atoms with E-state index in [4.69, 9.17) is 0 Å². The number of nitro groups is 1. The van der Waals surface area contributed by atoms with Crippen molar-refractivity contribution >= 4 is 25.4 Å². The van der Waals surface area contributed by atoms with Crippen LogP contribution in [0.4, 0.5) is 5.69 Å². The minimum atomic E-state index is -3.54. The van der Waals surface area contributed by atoms with Crippen LogP contribution in [0.15, 0.2) is 41.8 Å². The zero-order chi connectivity index (χ0) is 12.2. The Hall–Kier alpha value is -1.34. The minimum absolute atomic E-state index is 0.0615. The van der Waals surface area contributed by atoms with Gasteiger partial charge in [0.15, 0.2) is 0 Å². The molecular weight excluding hydrogens is 250 g/mol. The second-order valence-electron chi connectivity index (χ2n) is 2.78. The number of benzene rings is 1. The molecule has 1 rings (SSSR count). The van der Waals surface area contributed by atoms with E-state index in [0.29, 0.717) is 10.8 Å². The molecule has 0 aliphatic heterocycles. The van der Waals surface area contributed by atoms with Gasteiger partial charge in [-0.2, -0.15) is 0 Å². The number of rotatable bonds is 5. The summed E-state index contributed by atoms with van der Waals surface area (Å²) < 4.78 is 23.3. The molecule has 0 saturated heterocycles. The molecule has 0 unspecified atom stereocenters. The first-order chi connectivity index (χ1) is 7.47. The Morgan fingerprint density at radius 2 is 2.19 bits per heavy atom. The van der Waals surface area contributed by atoms with Gasteiger partial charge in [0.25, 0.3) is 5.69 Å². The largest absolute Gasteiger partial charge is 0.270 e. The molecule has 0 bridgehead atoms. The van der Waals surface area contributed by atoms with Crippen LogP contribution in [0.2, 0.25) is 0 Å². The van der Waals surface area contributed by atoms with E-state index in [9.17, 15) is 18.5 Å². The third kappa shape index (κ3) is 3.07. The van der Waals surface area contributed by atoms with Crippen LogP contribution >= 0.6 is 10.8 Å². The fraction of sp³-hybridized carbons (Fsp3) is 0.111. The molecule has 16 heavy (non-hydrogen) atoms. The van der Waals surface area contributed by atoms with E-state index in [0.717, 1.165) is 6.07 Å². The first-order valence-corrected chi connectivity index (χ1v) is 7.21. The van der Waals surface area contributed by atoms with Gasteiger partial charge in [0.1, 0.15) is 0 Å². The maximum Gasteiger partial charge on any atom is 0.270 e. The summed E-state index contributed by atoms with van der Waals surface area (Å²) in [5, 5.41) is 10.5. The molecule has 0 aliphatic carbocycles. The van der Waals surface area contributed by atoms with E-state index >= 15 is 0 Å². The fourth-order valence-electron chi connectivity index (χ4n) is 0.958. The molecule has 1 aromatic rings. The first-order valence-electron chi connectivity index (χ1n) is 4.22. The summed E-state index contributed by atoms with van der Waals surface area (Å²) in [6, 6.07) is 4.97. The van der Waals surface area contributed by atoms with Crippen LogP contribution < -0.4 is 0 Å². The lowest BCUT2D eigenvalue weighted by molar-refractivity contribution is -0.385. The molecule has 0 aromatic heterocycles. The molecule has 0 atom stereocenters. The van der Waals surface area contributed by atoms with E-state index in [1.165, 1.54) is 24.3 Å². The van der Waals surface area contributed by atoms with Crippen LogP contribution in [0.1, 0.15) is 0 Å². The van der Waals surface area contributed by atoms with Crippen LogP contribution in [-0.4, -0.2) is 19.1 Å². The van der Waals surface area contributed by atoms with Crippen molar-refractivity contribution in [2.75, 3.05) is 5.75 Å². The van der Waals surface area contributed by atoms with Crippen LogP contribution in [0.25, 0.3) is 0 Å². The summed E-state index contributed by atoms with van der Waals surface area (Å²) in [5.74, 6) is 0.241. The van der Waals surface area contributed by atoms with Crippen molar-refractivity contribution in [2.24, 2.45) is 0 Å². The molecule has 0 N–H and O–H groups in total. The minimum Gasteiger partial charge on any atom is -0.258 e. The van der Waals surface area contributed by atoms with Gasteiger partial charge in [-0.1, -0.05) is 12.1 Å². The highest BCUT2D eigenvalue weighted by molar-refractivity contribution is 8.72. The maximum absolute atomic E-state index is 11.7. The van der Waals surface area contributed by atoms with Gasteiger partial charge in [0.2, 0.25) is 8.87 Å². The molecule has 7 heteroatoms. The van der Waals surface area contributed by atoms with Gasteiger partial charge in [-0.25, -0.2) is 8.42 Å². The van der Waals surface area contributed by atoms with Crippen molar-refractivity contribution in [3.63, 3.8) is 0 Å². The number of nitro benzene ring substituents is 1. The Labute approximate surface area is 96.6 Å². The smallest absolute Gasteiger partial charge is 0.258 e. The van der Waals surface area contributed by atoms with Gasteiger partial charge in [0.05, 0.1) is 9.82 Å². The van der Waals surface area contributed by atoms with Crippen LogP contribution in [0.5, 0.6) is 0 Å². The molecule has 0 saturated carbocycles. The van der Waals surface area contributed by atoms with Gasteiger partial charge in [0, 0.05) is 17.9 Å². The zero-order valence-electron chi connectivity index (χ0n) is 8.20. The Kier molecular flexibility index (Phi) is 4.08. The molecule has 0 fully saturated rings. The van der Waals surface area contributed by atoms with E-state index in [2.05, 4.69) is 6.58 Å². The lowest BCUT2D eigenvalue weighted by atomic mass is 10.3. The monoisotopic (exact) mass is 259 g/mol. The van der Waals surface area contributed by atoms with E-state index in [1.54, 1.807) is 0 Å². The first kappa shape index (κ1) is 12.7. The fourth-order valence-corrected chi connectivity index (χ4v) is 3.43. The Balaban J connectivity index is 3.08. The van der Waals surface area contributed by atoms with Gasteiger partial charge in [-0.05, 0) is 16.9 Å². The van der Waals surface area contributed by atoms with Crippen LogP contribution in [0, 0.1) is 10.1 Å². The number of non-ortho nitro benzene ring substituents is 1. The summed E-state index contributed by atoms with van der Waals surface area (Å²) in [5.41, 5.74) is -0.236. The van der Waals surface area contributed by atoms with E-state index in [1.807, 2.05) is 0 Å². The predicted octanol–water partition coefficient (Wildman–Crippen LogP) is 2.20. The third-order valence-electron chi connectivity index (χ3n) is 1.66. The number of nitrogens with zero attached hydrogens (tertiary/aromatic N) is 1. The van der Waals surface area contributed by atoms with Crippen molar-refractivity contribution < 1.29 is 13.3 Å². The highest BCUT2D eigenvalue weighted by Gasteiger charge is 2.17. The van der Waals surface area contributed by atoms with Gasteiger partial charge >= 0.3 is 0 Å². The Morgan fingerprint density at radius 3 is 2.75 bits per heavy atom. The van der Waals surface area contributed by atoms with Crippen molar-refractivity contribution in [1.82, 2.24) is 0 Å². The molecule has 0 heterocycles. The molecular formula is C9H9NO4S2.